The smallest absolute Gasteiger partial charge is 0.226 e. The second-order valence-corrected chi connectivity index (χ2v) is 10.7. The summed E-state index contributed by atoms with van der Waals surface area (Å²) in [6.45, 7) is 4.51. The molecule has 0 radical (unpaired) electrons. The molecular formula is C33H38N4O6. The molecule has 10 nitrogen and oxygen atoms in total. The molecule has 4 aromatic rings. The van der Waals surface area contributed by atoms with Crippen LogP contribution in [0.1, 0.15) is 42.4 Å². The molecule has 3 aromatic carbocycles. The summed E-state index contributed by atoms with van der Waals surface area (Å²) in [5.74, 6) is 2.28. The number of ether oxygens (including phenoxy) is 2. The van der Waals surface area contributed by atoms with Gasteiger partial charge < -0.3 is 34.0 Å². The topological polar surface area (TPSA) is 121 Å². The molecule has 1 aliphatic rings. The average Bonchev–Trinajstić information content (AvgIpc) is 3.71. The van der Waals surface area contributed by atoms with Crippen LogP contribution in [0.25, 0.3) is 11.4 Å². The summed E-state index contributed by atoms with van der Waals surface area (Å²) in [4.78, 5) is 22.4. The monoisotopic (exact) mass is 586 g/mol. The molecule has 0 bridgehead atoms. The molecule has 0 unspecified atom stereocenters. The summed E-state index contributed by atoms with van der Waals surface area (Å²) in [5.41, 5.74) is 2.28. The molecule has 43 heavy (non-hydrogen) atoms. The number of likely N-dealkylation sites (tertiary alicyclic amines) is 1. The Bertz CT molecular complexity index is 1470. The lowest BCUT2D eigenvalue weighted by atomic mass is 9.98. The number of carbonyl (C=O) groups excluding carboxylic acids is 1. The minimum absolute atomic E-state index is 0.115. The Morgan fingerprint density at radius 2 is 1.77 bits per heavy atom. The normalized spacial score (nSPS) is 14.8. The van der Waals surface area contributed by atoms with Crippen molar-refractivity contribution >= 4 is 5.91 Å². The maximum Gasteiger partial charge on any atom is 0.226 e. The molecule has 1 aliphatic heterocycles. The number of hydrogen-bond acceptors (Lipinski definition) is 9. The Kier molecular flexibility index (Phi) is 9.91. The van der Waals surface area contributed by atoms with Crippen LogP contribution in [0.15, 0.2) is 77.3 Å². The summed E-state index contributed by atoms with van der Waals surface area (Å²) in [5, 5.41) is 25.6. The van der Waals surface area contributed by atoms with Crippen LogP contribution in [0.5, 0.6) is 17.2 Å². The maximum absolute atomic E-state index is 14.0. The average molecular weight is 587 g/mol. The summed E-state index contributed by atoms with van der Waals surface area (Å²) >= 11 is 0. The number of aromatic nitrogens is 2. The van der Waals surface area contributed by atoms with Gasteiger partial charge in [-0.05, 0) is 79.5 Å². The largest absolute Gasteiger partial charge is 0.508 e. The van der Waals surface area contributed by atoms with Crippen molar-refractivity contribution in [3.63, 3.8) is 0 Å². The molecule has 0 saturated carbocycles. The highest BCUT2D eigenvalue weighted by Crippen LogP contribution is 2.28. The second kappa shape index (κ2) is 14.2. The van der Waals surface area contributed by atoms with E-state index >= 15 is 0 Å². The van der Waals surface area contributed by atoms with Crippen molar-refractivity contribution in [1.82, 2.24) is 19.9 Å². The maximum atomic E-state index is 14.0. The van der Waals surface area contributed by atoms with Crippen LogP contribution in [0.3, 0.4) is 0 Å². The van der Waals surface area contributed by atoms with Crippen LogP contribution >= 0.6 is 0 Å². The van der Waals surface area contributed by atoms with Crippen molar-refractivity contribution in [3.05, 3.63) is 89.8 Å². The first-order chi connectivity index (χ1) is 20.9. The first-order valence-electron chi connectivity index (χ1n) is 14.5. The molecule has 2 atom stereocenters. The summed E-state index contributed by atoms with van der Waals surface area (Å²) in [6, 6.07) is 20.9. The predicted octanol–water partition coefficient (Wildman–Crippen LogP) is 4.75. The van der Waals surface area contributed by atoms with E-state index in [4.69, 9.17) is 14.0 Å². The Hall–Kier alpha value is -4.41. The van der Waals surface area contributed by atoms with E-state index in [2.05, 4.69) is 15.0 Å². The number of nitrogens with zero attached hydrogens (tertiary/aromatic N) is 4. The number of hydrogen-bond donors (Lipinski definition) is 2. The molecule has 2 N–H and O–H groups in total. The quantitative estimate of drug-likeness (QED) is 0.228. The fraction of sp³-hybridized carbons (Fsp3) is 0.364. The molecule has 10 heteroatoms. The van der Waals surface area contributed by atoms with Crippen molar-refractivity contribution < 1.29 is 29.0 Å². The van der Waals surface area contributed by atoms with Gasteiger partial charge in [-0.1, -0.05) is 35.5 Å². The standard InChI is InChI=1S/C33H38N4O6/c1-23-34-33(35-43-23)26-7-5-6-24(20-26)21-37(31(39)16-19-42-29-14-12-28(41-2)13-15-29)30(22-36-17-3-4-18-36)32(40)25-8-10-27(38)11-9-25/h5-15,20,30,32,38,40H,3-4,16-19,21-22H2,1-2H3/t30-,32-/m1/s1. The Labute approximate surface area is 251 Å². The molecule has 1 amide bonds. The van der Waals surface area contributed by atoms with Crippen molar-refractivity contribution in [2.45, 2.75) is 44.9 Å². The molecular weight excluding hydrogens is 548 g/mol. The van der Waals surface area contributed by atoms with Gasteiger partial charge in [0.05, 0.1) is 26.2 Å². The number of carbonyl (C=O) groups is 1. The van der Waals surface area contributed by atoms with Gasteiger partial charge in [0.25, 0.3) is 0 Å². The zero-order chi connectivity index (χ0) is 30.2. The van der Waals surface area contributed by atoms with E-state index in [0.29, 0.717) is 29.6 Å². The Morgan fingerprint density at radius 3 is 2.44 bits per heavy atom. The zero-order valence-electron chi connectivity index (χ0n) is 24.6. The lowest BCUT2D eigenvalue weighted by molar-refractivity contribution is -0.138. The van der Waals surface area contributed by atoms with Crippen LogP contribution in [0.4, 0.5) is 0 Å². The summed E-state index contributed by atoms with van der Waals surface area (Å²) < 4.78 is 16.3. The minimum atomic E-state index is -0.976. The van der Waals surface area contributed by atoms with Crippen molar-refractivity contribution in [3.8, 4) is 28.6 Å². The zero-order valence-corrected chi connectivity index (χ0v) is 24.6. The number of phenols is 1. The number of aromatic hydroxyl groups is 1. The Balaban J connectivity index is 1.42. The first-order valence-corrected chi connectivity index (χ1v) is 14.5. The summed E-state index contributed by atoms with van der Waals surface area (Å²) in [7, 11) is 1.60. The minimum Gasteiger partial charge on any atom is -0.508 e. The van der Waals surface area contributed by atoms with Gasteiger partial charge >= 0.3 is 0 Å². The van der Waals surface area contributed by atoms with Gasteiger partial charge in [0.15, 0.2) is 0 Å². The number of benzene rings is 3. The highest BCUT2D eigenvalue weighted by atomic mass is 16.5. The molecule has 0 spiro atoms. The van der Waals surface area contributed by atoms with Gasteiger partial charge in [-0.3, -0.25) is 4.79 Å². The van der Waals surface area contributed by atoms with E-state index < -0.39 is 12.1 Å². The Morgan fingerprint density at radius 1 is 1.05 bits per heavy atom. The number of aliphatic hydroxyl groups is 1. The van der Waals surface area contributed by atoms with E-state index in [-0.39, 0.29) is 31.2 Å². The van der Waals surface area contributed by atoms with E-state index in [1.807, 2.05) is 36.4 Å². The van der Waals surface area contributed by atoms with E-state index in [0.717, 1.165) is 42.8 Å². The van der Waals surface area contributed by atoms with Gasteiger partial charge in [0.2, 0.25) is 17.6 Å². The first kappa shape index (κ1) is 30.1. The van der Waals surface area contributed by atoms with Gasteiger partial charge in [-0.25, -0.2) is 0 Å². The van der Waals surface area contributed by atoms with Crippen LogP contribution in [0.2, 0.25) is 0 Å². The number of rotatable bonds is 13. The molecule has 226 valence electrons. The number of phenolic OH excluding ortho intramolecular Hbond substituents is 1. The van der Waals surface area contributed by atoms with Gasteiger partial charge in [-0.15, -0.1) is 0 Å². The van der Waals surface area contributed by atoms with Crippen molar-refractivity contribution in [1.29, 1.82) is 0 Å². The van der Waals surface area contributed by atoms with Crippen molar-refractivity contribution in [2.75, 3.05) is 33.4 Å². The number of aliphatic hydroxyl groups excluding tert-OH is 1. The lowest BCUT2D eigenvalue weighted by Crippen LogP contribution is -2.49. The molecule has 2 heterocycles. The van der Waals surface area contributed by atoms with Crippen LogP contribution in [-0.4, -0.2) is 75.5 Å². The van der Waals surface area contributed by atoms with Gasteiger partial charge in [0, 0.05) is 25.6 Å². The van der Waals surface area contributed by atoms with E-state index in [9.17, 15) is 15.0 Å². The molecule has 5 rings (SSSR count). The predicted molar refractivity (Wildman–Crippen MR) is 161 cm³/mol. The number of aryl methyl sites for hydroxylation is 1. The third-order valence-electron chi connectivity index (χ3n) is 7.67. The van der Waals surface area contributed by atoms with Gasteiger partial charge in [0.1, 0.15) is 23.4 Å². The highest BCUT2D eigenvalue weighted by molar-refractivity contribution is 5.77. The molecule has 1 fully saturated rings. The van der Waals surface area contributed by atoms with E-state index in [1.165, 1.54) is 0 Å². The fourth-order valence-corrected chi connectivity index (χ4v) is 5.38. The molecule has 1 saturated heterocycles. The third kappa shape index (κ3) is 7.91. The van der Waals surface area contributed by atoms with Gasteiger partial charge in [-0.2, -0.15) is 4.98 Å². The summed E-state index contributed by atoms with van der Waals surface area (Å²) in [6.07, 6.45) is 1.31. The molecule has 1 aromatic heterocycles. The van der Waals surface area contributed by atoms with Crippen LogP contribution in [-0.2, 0) is 11.3 Å². The number of methoxy groups -OCH3 is 1. The third-order valence-corrected chi connectivity index (χ3v) is 7.67. The SMILES string of the molecule is COc1ccc(OCCC(=O)N(Cc2cccc(-c3noc(C)n3)c2)[C@H](CN2CCCC2)[C@H](O)c2ccc(O)cc2)cc1. The highest BCUT2D eigenvalue weighted by Gasteiger charge is 2.33. The lowest BCUT2D eigenvalue weighted by Gasteiger charge is -2.38. The second-order valence-electron chi connectivity index (χ2n) is 10.7. The van der Waals surface area contributed by atoms with E-state index in [1.54, 1.807) is 55.3 Å². The fourth-order valence-electron chi connectivity index (χ4n) is 5.38. The molecule has 0 aliphatic carbocycles. The van der Waals surface area contributed by atoms with Crippen LogP contribution < -0.4 is 9.47 Å². The number of amides is 1. The van der Waals surface area contributed by atoms with Crippen molar-refractivity contribution in [2.24, 2.45) is 0 Å². The van der Waals surface area contributed by atoms with Crippen LogP contribution in [0, 0.1) is 6.92 Å².